The van der Waals surface area contributed by atoms with Crippen molar-refractivity contribution in [2.45, 2.75) is 39.2 Å². The van der Waals surface area contributed by atoms with Crippen LogP contribution >= 0.6 is 0 Å². The van der Waals surface area contributed by atoms with E-state index in [1.807, 2.05) is 6.92 Å². The highest BCUT2D eigenvalue weighted by Gasteiger charge is 2.24. The average molecular weight is 198 g/mol. The highest BCUT2D eigenvalue weighted by Crippen LogP contribution is 2.19. The van der Waals surface area contributed by atoms with Gasteiger partial charge in [-0.2, -0.15) is 4.80 Å². The van der Waals surface area contributed by atoms with Crippen LogP contribution in [-0.2, 0) is 13.5 Å². The first kappa shape index (κ1) is 11.1. The lowest BCUT2D eigenvalue weighted by Crippen LogP contribution is -2.29. The first-order valence-corrected chi connectivity index (χ1v) is 4.84. The van der Waals surface area contributed by atoms with E-state index in [0.717, 1.165) is 6.42 Å². The van der Waals surface area contributed by atoms with Crippen molar-refractivity contribution in [2.24, 2.45) is 13.0 Å². The zero-order valence-corrected chi connectivity index (χ0v) is 9.23. The highest BCUT2D eigenvalue weighted by atomic mass is 16.3. The number of aliphatic hydroxyl groups is 1. The van der Waals surface area contributed by atoms with Crippen LogP contribution in [0.5, 0.6) is 0 Å². The molecule has 1 atom stereocenters. The monoisotopic (exact) mass is 198 g/mol. The molecule has 1 heterocycles. The molecule has 0 aromatic carbocycles. The van der Waals surface area contributed by atoms with E-state index in [2.05, 4.69) is 29.3 Å². The van der Waals surface area contributed by atoms with Gasteiger partial charge in [-0.05, 0) is 24.5 Å². The van der Waals surface area contributed by atoms with Crippen molar-refractivity contribution in [1.82, 2.24) is 20.2 Å². The first-order valence-electron chi connectivity index (χ1n) is 4.84. The smallest absolute Gasteiger partial charge is 0.177 e. The van der Waals surface area contributed by atoms with Crippen molar-refractivity contribution < 1.29 is 5.11 Å². The Hall–Kier alpha value is -0.970. The summed E-state index contributed by atoms with van der Waals surface area (Å²) in [7, 11) is 1.72. The molecule has 1 rings (SSSR count). The second-order valence-corrected chi connectivity index (χ2v) is 4.47. The largest absolute Gasteiger partial charge is 0.390 e. The molecule has 5 nitrogen and oxygen atoms in total. The molecule has 0 fully saturated rings. The van der Waals surface area contributed by atoms with Gasteiger partial charge in [0.05, 0.1) is 12.6 Å². The highest BCUT2D eigenvalue weighted by molar-refractivity contribution is 4.88. The number of hydrogen-bond acceptors (Lipinski definition) is 4. The lowest BCUT2D eigenvalue weighted by molar-refractivity contribution is 0.0369. The van der Waals surface area contributed by atoms with Crippen molar-refractivity contribution >= 4 is 0 Å². The van der Waals surface area contributed by atoms with Crippen molar-refractivity contribution in [3.05, 3.63) is 5.82 Å². The predicted molar refractivity (Wildman–Crippen MR) is 52.6 cm³/mol. The van der Waals surface area contributed by atoms with E-state index in [0.29, 0.717) is 18.2 Å². The molecular weight excluding hydrogens is 180 g/mol. The number of aromatic nitrogens is 4. The van der Waals surface area contributed by atoms with Gasteiger partial charge in [-0.25, -0.2) is 0 Å². The molecule has 0 spiro atoms. The Kier molecular flexibility index (Phi) is 3.21. The lowest BCUT2D eigenvalue weighted by atomic mass is 9.91. The molecular formula is C9H18N4O. The summed E-state index contributed by atoms with van der Waals surface area (Å²) in [6.07, 6.45) is 1.20. The zero-order chi connectivity index (χ0) is 10.8. The van der Waals surface area contributed by atoms with Crippen LogP contribution in [-0.4, -0.2) is 30.9 Å². The molecule has 1 aromatic heterocycles. The van der Waals surface area contributed by atoms with Gasteiger partial charge in [0.2, 0.25) is 0 Å². The minimum absolute atomic E-state index is 0.457. The maximum Gasteiger partial charge on any atom is 0.177 e. The Labute approximate surface area is 84.1 Å². The second-order valence-electron chi connectivity index (χ2n) is 4.47. The van der Waals surface area contributed by atoms with Crippen LogP contribution in [0.3, 0.4) is 0 Å². The van der Waals surface area contributed by atoms with E-state index in [4.69, 9.17) is 0 Å². The minimum Gasteiger partial charge on any atom is -0.390 e. The van der Waals surface area contributed by atoms with Crippen LogP contribution in [0.2, 0.25) is 0 Å². The number of hydrogen-bond donors (Lipinski definition) is 1. The zero-order valence-electron chi connectivity index (χ0n) is 9.23. The van der Waals surface area contributed by atoms with Crippen molar-refractivity contribution in [1.29, 1.82) is 0 Å². The van der Waals surface area contributed by atoms with Crippen LogP contribution in [0.4, 0.5) is 0 Å². The third-order valence-electron chi connectivity index (χ3n) is 1.94. The average Bonchev–Trinajstić information content (AvgIpc) is 2.30. The summed E-state index contributed by atoms with van der Waals surface area (Å²) in [4.78, 5) is 1.40. The summed E-state index contributed by atoms with van der Waals surface area (Å²) in [5, 5.41) is 21.6. The van der Waals surface area contributed by atoms with E-state index < -0.39 is 5.60 Å². The van der Waals surface area contributed by atoms with Crippen LogP contribution in [0.15, 0.2) is 0 Å². The Morgan fingerprint density at radius 1 is 1.50 bits per heavy atom. The Morgan fingerprint density at radius 3 is 2.57 bits per heavy atom. The lowest BCUT2D eigenvalue weighted by Gasteiger charge is -2.23. The van der Waals surface area contributed by atoms with Gasteiger partial charge in [0.25, 0.3) is 0 Å². The number of aryl methyl sites for hydroxylation is 1. The van der Waals surface area contributed by atoms with Gasteiger partial charge in [0.15, 0.2) is 5.82 Å². The third-order valence-corrected chi connectivity index (χ3v) is 1.94. The Bertz CT molecular complexity index is 293. The second kappa shape index (κ2) is 4.04. The van der Waals surface area contributed by atoms with Crippen molar-refractivity contribution in [3.8, 4) is 0 Å². The summed E-state index contributed by atoms with van der Waals surface area (Å²) >= 11 is 0. The fourth-order valence-electron chi connectivity index (χ4n) is 1.69. The summed E-state index contributed by atoms with van der Waals surface area (Å²) in [6.45, 7) is 5.97. The normalized spacial score (nSPS) is 15.9. The number of tetrazole rings is 1. The quantitative estimate of drug-likeness (QED) is 0.767. The summed E-state index contributed by atoms with van der Waals surface area (Å²) in [5.41, 5.74) is -0.739. The molecule has 0 aliphatic rings. The predicted octanol–water partition coefficient (Wildman–Crippen LogP) is 0.550. The molecule has 0 bridgehead atoms. The molecule has 1 aromatic rings. The first-order chi connectivity index (χ1) is 6.39. The Balaban J connectivity index is 2.58. The van der Waals surface area contributed by atoms with Crippen molar-refractivity contribution in [3.63, 3.8) is 0 Å². The fourth-order valence-corrected chi connectivity index (χ4v) is 1.69. The molecule has 80 valence electrons. The molecule has 1 unspecified atom stereocenters. The summed E-state index contributed by atoms with van der Waals surface area (Å²) < 4.78 is 0. The maximum atomic E-state index is 10.0. The van der Waals surface area contributed by atoms with Crippen LogP contribution in [0, 0.1) is 5.92 Å². The number of rotatable bonds is 4. The van der Waals surface area contributed by atoms with Crippen LogP contribution in [0.25, 0.3) is 0 Å². The molecule has 1 N–H and O–H groups in total. The molecule has 0 amide bonds. The topological polar surface area (TPSA) is 63.8 Å². The molecule has 0 aliphatic heterocycles. The van der Waals surface area contributed by atoms with Gasteiger partial charge in [-0.1, -0.05) is 13.8 Å². The molecule has 0 aliphatic carbocycles. The van der Waals surface area contributed by atoms with Gasteiger partial charge in [-0.3, -0.25) is 0 Å². The van der Waals surface area contributed by atoms with Gasteiger partial charge < -0.3 is 5.11 Å². The van der Waals surface area contributed by atoms with E-state index >= 15 is 0 Å². The van der Waals surface area contributed by atoms with E-state index in [1.165, 1.54) is 4.80 Å². The maximum absolute atomic E-state index is 10.0. The third kappa shape index (κ3) is 3.41. The Morgan fingerprint density at radius 2 is 2.14 bits per heavy atom. The van der Waals surface area contributed by atoms with Crippen molar-refractivity contribution in [2.75, 3.05) is 0 Å². The number of nitrogens with zero attached hydrogens (tertiary/aromatic N) is 4. The van der Waals surface area contributed by atoms with Crippen LogP contribution in [0.1, 0.15) is 33.0 Å². The van der Waals surface area contributed by atoms with Crippen LogP contribution < -0.4 is 0 Å². The van der Waals surface area contributed by atoms with Gasteiger partial charge in [0, 0.05) is 6.42 Å². The van der Waals surface area contributed by atoms with Gasteiger partial charge >= 0.3 is 0 Å². The summed E-state index contributed by atoms with van der Waals surface area (Å²) in [5.74, 6) is 1.06. The van der Waals surface area contributed by atoms with Gasteiger partial charge in [0.1, 0.15) is 0 Å². The van der Waals surface area contributed by atoms with E-state index in [1.54, 1.807) is 7.05 Å². The van der Waals surface area contributed by atoms with Gasteiger partial charge in [-0.15, -0.1) is 10.2 Å². The van der Waals surface area contributed by atoms with E-state index in [-0.39, 0.29) is 0 Å². The molecule has 0 radical (unpaired) electrons. The molecule has 0 saturated carbocycles. The summed E-state index contributed by atoms with van der Waals surface area (Å²) in [6, 6.07) is 0. The minimum atomic E-state index is -0.739. The molecule has 0 saturated heterocycles. The standard InChI is InChI=1S/C9H18N4O/c1-7(2)5-9(3,14)6-8-10-12-13(4)11-8/h7,14H,5-6H2,1-4H3. The SMILES string of the molecule is CC(C)CC(C)(O)Cc1nnn(C)n1. The molecule has 5 heteroatoms. The fraction of sp³-hybridized carbons (Fsp3) is 0.889. The van der Waals surface area contributed by atoms with E-state index in [9.17, 15) is 5.11 Å². The molecule has 14 heavy (non-hydrogen) atoms.